The van der Waals surface area contributed by atoms with E-state index in [1.54, 1.807) is 0 Å². The van der Waals surface area contributed by atoms with Gasteiger partial charge in [-0.3, -0.25) is 9.59 Å². The number of halogens is 2. The molecule has 1 atom stereocenters. The predicted molar refractivity (Wildman–Crippen MR) is 193 cm³/mol. The number of nitrogens with zero attached hydrogens (tertiary/aromatic N) is 2. The Morgan fingerprint density at radius 2 is 1.82 bits per heavy atom. The summed E-state index contributed by atoms with van der Waals surface area (Å²) in [5.74, 6) is 0.0429. The number of Topliss-reactive ketones (excluding diaryl/α,β-unsaturated/α-hetero) is 1. The van der Waals surface area contributed by atoms with Gasteiger partial charge in [0.25, 0.3) is 0 Å². The molecule has 2 saturated carbocycles. The molecule has 1 unspecified atom stereocenters. The highest BCUT2D eigenvalue weighted by molar-refractivity contribution is 5.92. The normalized spacial score (nSPS) is 18.9. The number of fused-ring (bicyclic) bond motifs is 1. The minimum Gasteiger partial charge on any atom is -0.480 e. The minimum atomic E-state index is -1.56. The van der Waals surface area contributed by atoms with Crippen molar-refractivity contribution in [1.29, 1.82) is 0 Å². The number of aliphatic carboxylic acids is 1. The third-order valence-corrected chi connectivity index (χ3v) is 10.7. The molecule has 6 rings (SSSR count). The Kier molecular flexibility index (Phi) is 15.6. The quantitative estimate of drug-likeness (QED) is 0.158. The minimum absolute atomic E-state index is 0.0642. The molecule has 2 aliphatic carbocycles. The zero-order chi connectivity index (χ0) is 36.1. The van der Waals surface area contributed by atoms with Gasteiger partial charge in [0, 0.05) is 39.1 Å². The Bertz CT molecular complexity index is 1380. The summed E-state index contributed by atoms with van der Waals surface area (Å²) >= 11 is 0. The average molecular weight is 700 g/mol. The van der Waals surface area contributed by atoms with Gasteiger partial charge >= 0.3 is 5.97 Å². The summed E-state index contributed by atoms with van der Waals surface area (Å²) in [5, 5.41) is 12.7. The second-order valence-corrected chi connectivity index (χ2v) is 14.5. The van der Waals surface area contributed by atoms with E-state index in [9.17, 15) is 23.6 Å². The summed E-state index contributed by atoms with van der Waals surface area (Å²) in [7, 11) is 0.995. The summed E-state index contributed by atoms with van der Waals surface area (Å²) in [6, 6.07) is 5.26. The van der Waals surface area contributed by atoms with Crippen molar-refractivity contribution in [3.8, 4) is 0 Å². The number of rotatable bonds is 13. The van der Waals surface area contributed by atoms with Crippen LogP contribution in [0.5, 0.6) is 0 Å². The number of hydrogen-bond donors (Lipinski definition) is 2. The first-order valence-electron chi connectivity index (χ1n) is 18.9. The maximum atomic E-state index is 13.9. The standard InChI is InChI=1S/C17H26N2O.C15H17F2NO3.C8H16O/c1-2-9-16(8-1)20-13-4-3-7-15-11-10-14-6-5-12-18-17(14)19-15;1-8-11(16)5-4-10(13(14(20)21)18(3)17)12(8)15(6-7-15)9(2)19;1-2-3-8-4-6-9-7-5-8/h10-11,16H,1-9,12-13H2,(H,18,19);4-5,13H,6-7H2,1-3H3,(H,20,21);8H,2-7H2,1H3. The summed E-state index contributed by atoms with van der Waals surface area (Å²) < 4.78 is 38.6. The SMILES string of the molecule is CC(=O)C1(c2c(C(C(=O)O)N(C)F)ccc(F)c2C)CC1.CCCC1CCOCC1.c1cc2c(nc1CCCCOC1CCCC1)NCCC2. The van der Waals surface area contributed by atoms with Crippen LogP contribution in [-0.2, 0) is 37.3 Å². The average Bonchev–Trinajstić information content (AvgIpc) is 3.74. The highest BCUT2D eigenvalue weighted by Crippen LogP contribution is 2.53. The van der Waals surface area contributed by atoms with Gasteiger partial charge in [-0.05, 0) is 125 Å². The van der Waals surface area contributed by atoms with E-state index in [0.29, 0.717) is 24.5 Å². The lowest BCUT2D eigenvalue weighted by molar-refractivity contribution is -0.150. The van der Waals surface area contributed by atoms with E-state index in [-0.39, 0.29) is 22.0 Å². The van der Waals surface area contributed by atoms with Gasteiger partial charge in [-0.15, -0.1) is 9.60 Å². The summed E-state index contributed by atoms with van der Waals surface area (Å²) in [5.41, 5.74) is 2.41. The molecule has 0 bridgehead atoms. The molecular weight excluding hydrogens is 640 g/mol. The number of ketones is 1. The Morgan fingerprint density at radius 3 is 2.44 bits per heavy atom. The van der Waals surface area contributed by atoms with Crippen LogP contribution >= 0.6 is 0 Å². The number of carbonyl (C=O) groups excluding carboxylic acids is 1. The second-order valence-electron chi connectivity index (χ2n) is 14.5. The number of aryl methyl sites for hydroxylation is 2. The zero-order valence-electron chi connectivity index (χ0n) is 30.7. The smallest absolute Gasteiger partial charge is 0.328 e. The van der Waals surface area contributed by atoms with Crippen molar-refractivity contribution in [2.45, 2.75) is 135 Å². The van der Waals surface area contributed by atoms with Crippen LogP contribution < -0.4 is 5.32 Å². The van der Waals surface area contributed by atoms with Crippen LogP contribution in [0.15, 0.2) is 24.3 Å². The maximum Gasteiger partial charge on any atom is 0.328 e. The number of carboxylic acid groups (broad SMARTS) is 1. The molecule has 50 heavy (non-hydrogen) atoms. The van der Waals surface area contributed by atoms with Gasteiger partial charge in [-0.2, -0.15) is 0 Å². The van der Waals surface area contributed by atoms with Crippen LogP contribution in [0.3, 0.4) is 0 Å². The van der Waals surface area contributed by atoms with Gasteiger partial charge < -0.3 is 19.9 Å². The molecule has 2 N–H and O–H groups in total. The van der Waals surface area contributed by atoms with Crippen LogP contribution in [0, 0.1) is 18.7 Å². The van der Waals surface area contributed by atoms with Gasteiger partial charge in [0.05, 0.1) is 11.5 Å². The molecule has 0 radical (unpaired) electrons. The molecule has 4 aliphatic rings. The first kappa shape index (κ1) is 39.8. The number of unbranched alkanes of at least 4 members (excludes halogenated alkanes) is 1. The topological polar surface area (TPSA) is 101 Å². The van der Waals surface area contributed by atoms with Crippen molar-refractivity contribution < 1.29 is 33.0 Å². The molecule has 2 aromatic rings. The molecule has 8 nitrogen and oxygen atoms in total. The van der Waals surface area contributed by atoms with Gasteiger partial charge in [-0.25, -0.2) is 9.37 Å². The lowest BCUT2D eigenvalue weighted by atomic mass is 9.82. The van der Waals surface area contributed by atoms with Gasteiger partial charge in [0.1, 0.15) is 17.4 Å². The van der Waals surface area contributed by atoms with E-state index in [2.05, 4.69) is 24.4 Å². The van der Waals surface area contributed by atoms with Crippen molar-refractivity contribution in [3.05, 3.63) is 58.0 Å². The number of ether oxygens (including phenoxy) is 2. The summed E-state index contributed by atoms with van der Waals surface area (Å²) in [6.45, 7) is 9.15. The van der Waals surface area contributed by atoms with Crippen LogP contribution in [0.4, 0.5) is 14.7 Å². The van der Waals surface area contributed by atoms with Crippen molar-refractivity contribution in [3.63, 3.8) is 0 Å². The first-order chi connectivity index (χ1) is 24.1. The molecule has 278 valence electrons. The Labute approximate surface area is 297 Å². The number of likely N-dealkylation sites (N-methyl/N-ethyl adjacent to an activating group) is 1. The van der Waals surface area contributed by atoms with Crippen LogP contribution in [0.25, 0.3) is 0 Å². The van der Waals surface area contributed by atoms with E-state index in [0.717, 1.165) is 64.1 Å². The van der Waals surface area contributed by atoms with Crippen LogP contribution in [0.2, 0.25) is 0 Å². The summed E-state index contributed by atoms with van der Waals surface area (Å²) in [6.07, 6.45) is 18.0. The Balaban J connectivity index is 0.000000181. The van der Waals surface area contributed by atoms with E-state index >= 15 is 0 Å². The molecule has 3 fully saturated rings. The van der Waals surface area contributed by atoms with E-state index in [1.165, 1.54) is 102 Å². The number of nitrogens with one attached hydrogen (secondary N) is 1. The molecular formula is C40H59F2N3O5. The number of benzene rings is 1. The Hall–Kier alpha value is -2.95. The van der Waals surface area contributed by atoms with Crippen molar-refractivity contribution in [2.24, 2.45) is 5.92 Å². The molecule has 0 spiro atoms. The number of aromatic nitrogens is 1. The molecule has 10 heteroatoms. The van der Waals surface area contributed by atoms with Crippen molar-refractivity contribution in [1.82, 2.24) is 10.1 Å². The third-order valence-electron chi connectivity index (χ3n) is 10.7. The highest BCUT2D eigenvalue weighted by atomic mass is 19.2. The molecule has 1 saturated heterocycles. The number of carboxylic acids is 1. The molecule has 0 amide bonds. The van der Waals surface area contributed by atoms with Gasteiger partial charge in [-0.1, -0.05) is 44.7 Å². The van der Waals surface area contributed by atoms with Crippen molar-refractivity contribution in [2.75, 3.05) is 38.7 Å². The fourth-order valence-electron chi connectivity index (χ4n) is 7.61. The largest absolute Gasteiger partial charge is 0.480 e. The predicted octanol–water partition coefficient (Wildman–Crippen LogP) is 8.63. The van der Waals surface area contributed by atoms with Crippen LogP contribution in [0.1, 0.15) is 131 Å². The monoisotopic (exact) mass is 699 g/mol. The lowest BCUT2D eigenvalue weighted by Crippen LogP contribution is -2.29. The number of pyridine rings is 1. The van der Waals surface area contributed by atoms with Gasteiger partial charge in [0.15, 0.2) is 6.04 Å². The number of carbonyl (C=O) groups is 2. The fraction of sp³-hybridized carbons (Fsp3) is 0.675. The third kappa shape index (κ3) is 11.0. The summed E-state index contributed by atoms with van der Waals surface area (Å²) in [4.78, 5) is 28.0. The van der Waals surface area contributed by atoms with Crippen molar-refractivity contribution >= 4 is 17.6 Å². The molecule has 1 aromatic carbocycles. The lowest BCUT2D eigenvalue weighted by Gasteiger charge is -2.25. The number of hydrogen-bond acceptors (Lipinski definition) is 7. The van der Waals surface area contributed by atoms with E-state index < -0.39 is 23.2 Å². The van der Waals surface area contributed by atoms with Crippen LogP contribution in [-0.4, -0.2) is 66.5 Å². The van der Waals surface area contributed by atoms with Gasteiger partial charge in [0.2, 0.25) is 0 Å². The highest BCUT2D eigenvalue weighted by Gasteiger charge is 2.52. The maximum absolute atomic E-state index is 13.9. The second kappa shape index (κ2) is 19.6. The first-order valence-corrected chi connectivity index (χ1v) is 18.9. The Morgan fingerprint density at radius 1 is 1.10 bits per heavy atom. The molecule has 2 aliphatic heterocycles. The van der Waals surface area contributed by atoms with E-state index in [1.807, 2.05) is 0 Å². The zero-order valence-corrected chi connectivity index (χ0v) is 30.7. The van der Waals surface area contributed by atoms with E-state index in [4.69, 9.17) is 14.5 Å². The molecule has 1 aromatic heterocycles. The molecule has 3 heterocycles. The fourth-order valence-corrected chi connectivity index (χ4v) is 7.61. The number of anilines is 1.